The van der Waals surface area contributed by atoms with E-state index in [0.717, 1.165) is 18.9 Å². The highest BCUT2D eigenvalue weighted by Crippen LogP contribution is 2.34. The van der Waals surface area contributed by atoms with Gasteiger partial charge in [0.2, 0.25) is 23.5 Å². The van der Waals surface area contributed by atoms with Crippen LogP contribution in [0.25, 0.3) is 6.08 Å². The molecule has 0 bridgehead atoms. The lowest BCUT2D eigenvalue weighted by Crippen LogP contribution is -2.45. The maximum atomic E-state index is 14.1. The number of carbonyl (C=O) groups excluding carboxylic acids is 5. The lowest BCUT2D eigenvalue weighted by molar-refractivity contribution is -0.140. The highest BCUT2D eigenvalue weighted by molar-refractivity contribution is 6.38. The van der Waals surface area contributed by atoms with Crippen molar-refractivity contribution < 1.29 is 28.4 Å². The number of carbonyl (C=O) groups is 5. The second-order valence-corrected chi connectivity index (χ2v) is 12.9. The number of amides is 4. The van der Waals surface area contributed by atoms with Crippen LogP contribution in [-0.2, 0) is 24.0 Å². The zero-order valence-electron chi connectivity index (χ0n) is 25.0. The Morgan fingerprint density at radius 1 is 1.05 bits per heavy atom. The fraction of sp³-hybridized carbons (Fsp3) is 0.424. The summed E-state index contributed by atoms with van der Waals surface area (Å²) in [6.07, 6.45) is 5.66. The predicted molar refractivity (Wildman–Crippen MR) is 166 cm³/mol. The molecule has 1 aliphatic heterocycles. The van der Waals surface area contributed by atoms with Crippen LogP contribution in [-0.4, -0.2) is 47.5 Å². The van der Waals surface area contributed by atoms with E-state index in [1.807, 2.05) is 0 Å². The van der Waals surface area contributed by atoms with Gasteiger partial charge in [-0.25, -0.2) is 4.39 Å². The van der Waals surface area contributed by atoms with Crippen LogP contribution < -0.4 is 21.3 Å². The highest BCUT2D eigenvalue weighted by Gasteiger charge is 2.35. The van der Waals surface area contributed by atoms with Gasteiger partial charge in [0.05, 0.1) is 5.92 Å². The molecule has 1 saturated carbocycles. The standard InChI is InChI=1S/C33H38ClFN4O5/c1-33(2,3)39-32(44)29(41)25(17-22-14-15-36-30(22)42)20-7-11-24(12-8-20)37-31(43)27(16-19-4-5-19)38-28(40)13-9-21-6-10-23(34)18-26(21)35/h6-13,18-19,22,25,27H,4-5,14-17H2,1-3H3,(H,36,42)(H,37,43)(H,38,40)(H,39,44)/b13-9+/t22?,25?,27-/m0/s1. The average Bonchev–Trinajstić information content (AvgIpc) is 3.68. The molecule has 1 heterocycles. The lowest BCUT2D eigenvalue weighted by atomic mass is 9.84. The molecule has 0 radical (unpaired) electrons. The first-order valence-corrected chi connectivity index (χ1v) is 15.2. The number of Topliss-reactive ketones (excluding diaryl/α,β-unsaturated/α-hetero) is 1. The van der Waals surface area contributed by atoms with Crippen molar-refractivity contribution in [3.63, 3.8) is 0 Å². The molecular weight excluding hydrogens is 587 g/mol. The molecule has 2 aromatic carbocycles. The topological polar surface area (TPSA) is 133 Å². The molecule has 11 heteroatoms. The second kappa shape index (κ2) is 14.2. The third-order valence-electron chi connectivity index (χ3n) is 7.57. The minimum absolute atomic E-state index is 0.139. The van der Waals surface area contributed by atoms with Crippen molar-refractivity contribution in [3.05, 3.63) is 70.5 Å². The quantitative estimate of drug-likeness (QED) is 0.204. The van der Waals surface area contributed by atoms with Crippen LogP contribution in [0, 0.1) is 17.7 Å². The number of rotatable bonds is 12. The van der Waals surface area contributed by atoms with E-state index < -0.39 is 46.8 Å². The Labute approximate surface area is 261 Å². The van der Waals surface area contributed by atoms with Crippen LogP contribution >= 0.6 is 11.6 Å². The van der Waals surface area contributed by atoms with E-state index in [0.29, 0.717) is 36.6 Å². The number of ketones is 1. The van der Waals surface area contributed by atoms with Crippen molar-refractivity contribution in [2.45, 2.75) is 70.4 Å². The molecule has 4 rings (SSSR count). The van der Waals surface area contributed by atoms with Gasteiger partial charge in [-0.15, -0.1) is 0 Å². The molecule has 1 aliphatic carbocycles. The van der Waals surface area contributed by atoms with Gasteiger partial charge in [0.15, 0.2) is 0 Å². The fourth-order valence-corrected chi connectivity index (χ4v) is 5.24. The molecular formula is C33H38ClFN4O5. The monoisotopic (exact) mass is 624 g/mol. The van der Waals surface area contributed by atoms with Crippen LogP contribution in [0.15, 0.2) is 48.5 Å². The van der Waals surface area contributed by atoms with Gasteiger partial charge < -0.3 is 21.3 Å². The summed E-state index contributed by atoms with van der Waals surface area (Å²) in [5.41, 5.74) is 0.578. The van der Waals surface area contributed by atoms with Crippen molar-refractivity contribution in [2.75, 3.05) is 11.9 Å². The molecule has 2 unspecified atom stereocenters. The molecule has 234 valence electrons. The van der Waals surface area contributed by atoms with Gasteiger partial charge >= 0.3 is 0 Å². The van der Waals surface area contributed by atoms with Crippen molar-refractivity contribution in [1.29, 1.82) is 0 Å². The summed E-state index contributed by atoms with van der Waals surface area (Å²) in [5.74, 6) is -3.91. The van der Waals surface area contributed by atoms with Gasteiger partial charge in [-0.1, -0.05) is 42.6 Å². The first-order chi connectivity index (χ1) is 20.8. The Kier molecular flexibility index (Phi) is 10.6. The van der Waals surface area contributed by atoms with Crippen molar-refractivity contribution in [1.82, 2.24) is 16.0 Å². The predicted octanol–water partition coefficient (Wildman–Crippen LogP) is 4.51. The molecule has 44 heavy (non-hydrogen) atoms. The summed E-state index contributed by atoms with van der Waals surface area (Å²) in [5, 5.41) is 11.3. The normalized spacial score (nSPS) is 17.9. The molecule has 9 nitrogen and oxygen atoms in total. The van der Waals surface area contributed by atoms with E-state index >= 15 is 0 Å². The van der Waals surface area contributed by atoms with E-state index in [4.69, 9.17) is 11.6 Å². The molecule has 0 spiro atoms. The number of anilines is 1. The zero-order valence-corrected chi connectivity index (χ0v) is 25.8. The first-order valence-electron chi connectivity index (χ1n) is 14.8. The molecule has 2 fully saturated rings. The molecule has 1 saturated heterocycles. The zero-order chi connectivity index (χ0) is 32.0. The third kappa shape index (κ3) is 9.47. The molecule has 2 aromatic rings. The second-order valence-electron chi connectivity index (χ2n) is 12.5. The number of hydrogen-bond acceptors (Lipinski definition) is 5. The van der Waals surface area contributed by atoms with Crippen LogP contribution in [0.1, 0.15) is 69.9 Å². The van der Waals surface area contributed by atoms with Crippen LogP contribution in [0.3, 0.4) is 0 Å². The molecule has 2 aliphatic rings. The van der Waals surface area contributed by atoms with Gasteiger partial charge in [-0.05, 0) is 81.9 Å². The smallest absolute Gasteiger partial charge is 0.288 e. The van der Waals surface area contributed by atoms with Gasteiger partial charge in [0.1, 0.15) is 11.9 Å². The SMILES string of the molecule is CC(C)(C)NC(=O)C(=O)C(CC1CCNC1=O)c1ccc(NC(=O)[C@H](CC2CC2)NC(=O)/C=C/c2ccc(Cl)cc2F)cc1. The summed E-state index contributed by atoms with van der Waals surface area (Å²) in [6, 6.07) is 9.88. The van der Waals surface area contributed by atoms with E-state index in [1.165, 1.54) is 24.3 Å². The van der Waals surface area contributed by atoms with Gasteiger partial charge in [-0.3, -0.25) is 24.0 Å². The van der Waals surface area contributed by atoms with Crippen molar-refractivity contribution >= 4 is 52.8 Å². The van der Waals surface area contributed by atoms with Crippen LogP contribution in [0.5, 0.6) is 0 Å². The lowest BCUT2D eigenvalue weighted by Gasteiger charge is -2.23. The Bertz CT molecular complexity index is 1450. The fourth-order valence-electron chi connectivity index (χ4n) is 5.08. The largest absolute Gasteiger partial charge is 0.356 e. The van der Waals surface area contributed by atoms with E-state index in [9.17, 15) is 28.4 Å². The molecule has 4 amide bonds. The number of halogens is 2. The van der Waals surface area contributed by atoms with Gasteiger partial charge in [0.25, 0.3) is 5.91 Å². The molecule has 3 atom stereocenters. The maximum Gasteiger partial charge on any atom is 0.288 e. The summed E-state index contributed by atoms with van der Waals surface area (Å²) >= 11 is 5.78. The van der Waals surface area contributed by atoms with E-state index in [1.54, 1.807) is 45.0 Å². The Balaban J connectivity index is 1.44. The van der Waals surface area contributed by atoms with E-state index in [2.05, 4.69) is 21.3 Å². The summed E-state index contributed by atoms with van der Waals surface area (Å²) in [6.45, 7) is 5.87. The Hall–Kier alpha value is -4.05. The summed E-state index contributed by atoms with van der Waals surface area (Å²) < 4.78 is 14.1. The summed E-state index contributed by atoms with van der Waals surface area (Å²) in [4.78, 5) is 64.2. The van der Waals surface area contributed by atoms with Crippen molar-refractivity contribution in [2.24, 2.45) is 11.8 Å². The molecule has 4 N–H and O–H groups in total. The first kappa shape index (κ1) is 32.9. The highest BCUT2D eigenvalue weighted by atomic mass is 35.5. The van der Waals surface area contributed by atoms with Crippen LogP contribution in [0.4, 0.5) is 10.1 Å². The number of nitrogens with one attached hydrogen (secondary N) is 4. The number of hydrogen-bond donors (Lipinski definition) is 4. The van der Waals surface area contributed by atoms with E-state index in [-0.39, 0.29) is 28.8 Å². The average molecular weight is 625 g/mol. The van der Waals surface area contributed by atoms with Gasteiger partial charge in [0, 0.05) is 40.4 Å². The van der Waals surface area contributed by atoms with Gasteiger partial charge in [-0.2, -0.15) is 0 Å². The summed E-state index contributed by atoms with van der Waals surface area (Å²) in [7, 11) is 0. The number of benzene rings is 2. The molecule has 0 aromatic heterocycles. The Morgan fingerprint density at radius 2 is 1.75 bits per heavy atom. The minimum atomic E-state index is -0.838. The van der Waals surface area contributed by atoms with Crippen LogP contribution in [0.2, 0.25) is 5.02 Å². The third-order valence-corrected chi connectivity index (χ3v) is 7.80. The maximum absolute atomic E-state index is 14.1. The van der Waals surface area contributed by atoms with Crippen molar-refractivity contribution in [3.8, 4) is 0 Å². The Morgan fingerprint density at radius 3 is 2.34 bits per heavy atom. The minimum Gasteiger partial charge on any atom is -0.356 e.